The summed E-state index contributed by atoms with van der Waals surface area (Å²) in [4.78, 5) is 14.8. The number of benzene rings is 1. The van der Waals surface area contributed by atoms with Crippen LogP contribution in [0.4, 0.5) is 0 Å². The van der Waals surface area contributed by atoms with Gasteiger partial charge < -0.3 is 10.1 Å². The first-order valence-electron chi connectivity index (χ1n) is 9.06. The van der Waals surface area contributed by atoms with Gasteiger partial charge in [0.25, 0.3) is 0 Å². The molecule has 0 saturated heterocycles. The summed E-state index contributed by atoms with van der Waals surface area (Å²) in [5.41, 5.74) is 3.62. The molecule has 0 spiro atoms. The van der Waals surface area contributed by atoms with Crippen molar-refractivity contribution in [3.8, 4) is 0 Å². The maximum absolute atomic E-state index is 11.6. The zero-order valence-corrected chi connectivity index (χ0v) is 14.0. The van der Waals surface area contributed by atoms with Gasteiger partial charge in [-0.1, -0.05) is 57.6 Å². The van der Waals surface area contributed by atoms with Crippen LogP contribution in [-0.2, 0) is 12.8 Å². The van der Waals surface area contributed by atoms with E-state index in [-0.39, 0.29) is 0 Å². The number of hydrogen-bond donors (Lipinski definition) is 2. The Morgan fingerprint density at radius 1 is 1.26 bits per heavy atom. The number of carboxylic acid groups (broad SMARTS) is 1. The van der Waals surface area contributed by atoms with Gasteiger partial charge in [0, 0.05) is 10.9 Å². The monoisotopic (exact) mass is 313 g/mol. The lowest BCUT2D eigenvalue weighted by atomic mass is 9.85. The number of aromatic nitrogens is 1. The molecule has 2 N–H and O–H groups in total. The highest BCUT2D eigenvalue weighted by Gasteiger charge is 2.19. The highest BCUT2D eigenvalue weighted by Crippen LogP contribution is 2.31. The first-order chi connectivity index (χ1) is 11.2. The molecule has 0 unspecified atom stereocenters. The lowest BCUT2D eigenvalue weighted by molar-refractivity contribution is 0.0690. The van der Waals surface area contributed by atoms with Crippen molar-refractivity contribution in [3.05, 3.63) is 35.0 Å². The van der Waals surface area contributed by atoms with Crippen LogP contribution in [-0.4, -0.2) is 16.1 Å². The predicted molar refractivity (Wildman–Crippen MR) is 94.1 cm³/mol. The highest BCUT2D eigenvalue weighted by atomic mass is 16.4. The van der Waals surface area contributed by atoms with Crippen LogP contribution in [0.25, 0.3) is 10.9 Å². The minimum Gasteiger partial charge on any atom is -0.477 e. The molecule has 1 heterocycles. The van der Waals surface area contributed by atoms with Crippen molar-refractivity contribution in [3.63, 3.8) is 0 Å². The minimum absolute atomic E-state index is 0.393. The predicted octanol–water partition coefficient (Wildman–Crippen LogP) is 5.33. The van der Waals surface area contributed by atoms with E-state index in [9.17, 15) is 9.90 Å². The van der Waals surface area contributed by atoms with E-state index in [4.69, 9.17) is 0 Å². The minimum atomic E-state index is -0.837. The summed E-state index contributed by atoms with van der Waals surface area (Å²) >= 11 is 0. The van der Waals surface area contributed by atoms with Crippen molar-refractivity contribution in [1.82, 2.24) is 4.98 Å². The molecule has 1 aromatic carbocycles. The number of nitrogens with one attached hydrogen (secondary N) is 1. The molecular formula is C20H27NO2. The van der Waals surface area contributed by atoms with Gasteiger partial charge in [0.15, 0.2) is 0 Å². The lowest BCUT2D eigenvalue weighted by Gasteiger charge is -2.21. The average molecular weight is 313 g/mol. The zero-order valence-electron chi connectivity index (χ0n) is 14.0. The lowest BCUT2D eigenvalue weighted by Crippen LogP contribution is -2.07. The molecule has 0 radical (unpaired) electrons. The fraction of sp³-hybridized carbons (Fsp3) is 0.550. The Morgan fingerprint density at radius 2 is 2.04 bits per heavy atom. The van der Waals surface area contributed by atoms with Crippen LogP contribution < -0.4 is 0 Å². The quantitative estimate of drug-likeness (QED) is 0.757. The third kappa shape index (κ3) is 3.44. The number of aromatic carboxylic acids is 1. The Bertz CT molecular complexity index is 680. The normalized spacial score (nSPS) is 16.0. The summed E-state index contributed by atoms with van der Waals surface area (Å²) < 4.78 is 0. The Balaban J connectivity index is 1.82. The van der Waals surface area contributed by atoms with Gasteiger partial charge in [0.2, 0.25) is 0 Å². The van der Waals surface area contributed by atoms with Crippen LogP contribution >= 0.6 is 0 Å². The fourth-order valence-corrected chi connectivity index (χ4v) is 4.17. The van der Waals surface area contributed by atoms with Crippen LogP contribution in [0.2, 0.25) is 0 Å². The third-order valence-corrected chi connectivity index (χ3v) is 5.37. The second kappa shape index (κ2) is 7.20. The number of fused-ring (bicyclic) bond motifs is 1. The van der Waals surface area contributed by atoms with E-state index in [0.717, 1.165) is 41.6 Å². The molecule has 3 rings (SSSR count). The highest BCUT2D eigenvalue weighted by molar-refractivity contribution is 5.98. The zero-order chi connectivity index (χ0) is 16.2. The molecule has 3 heteroatoms. The van der Waals surface area contributed by atoms with Crippen LogP contribution in [0.15, 0.2) is 18.2 Å². The molecule has 23 heavy (non-hydrogen) atoms. The van der Waals surface area contributed by atoms with Gasteiger partial charge in [-0.05, 0) is 42.4 Å². The summed E-state index contributed by atoms with van der Waals surface area (Å²) in [6, 6.07) is 6.12. The molecule has 0 amide bonds. The van der Waals surface area contributed by atoms with Gasteiger partial charge in [-0.2, -0.15) is 0 Å². The Hall–Kier alpha value is -1.77. The van der Waals surface area contributed by atoms with Gasteiger partial charge in [0.1, 0.15) is 5.69 Å². The number of carbonyl (C=O) groups is 1. The van der Waals surface area contributed by atoms with E-state index in [0.29, 0.717) is 5.69 Å². The van der Waals surface area contributed by atoms with E-state index in [1.54, 1.807) is 0 Å². The topological polar surface area (TPSA) is 53.1 Å². The Kier molecular flexibility index (Phi) is 5.04. The smallest absolute Gasteiger partial charge is 0.352 e. The average Bonchev–Trinajstić information content (AvgIpc) is 2.95. The fourth-order valence-electron chi connectivity index (χ4n) is 4.17. The molecule has 1 saturated carbocycles. The van der Waals surface area contributed by atoms with Crippen LogP contribution in [0, 0.1) is 5.92 Å². The molecule has 124 valence electrons. The summed E-state index contributed by atoms with van der Waals surface area (Å²) in [6.07, 6.45) is 11.0. The van der Waals surface area contributed by atoms with Crippen LogP contribution in [0.3, 0.4) is 0 Å². The van der Waals surface area contributed by atoms with Gasteiger partial charge in [-0.15, -0.1) is 0 Å². The summed E-state index contributed by atoms with van der Waals surface area (Å²) in [5, 5.41) is 10.7. The largest absolute Gasteiger partial charge is 0.477 e. The van der Waals surface area contributed by atoms with Crippen molar-refractivity contribution in [2.24, 2.45) is 5.92 Å². The standard InChI is InChI=1S/C20H27NO2/c1-2-15-11-7-13-17-18(15)16(19(21-17)20(22)23)12-6-10-14-8-4-3-5-9-14/h7,11,13-14,21H,2-6,8-10,12H2,1H3,(H,22,23). The van der Waals surface area contributed by atoms with E-state index in [2.05, 4.69) is 18.0 Å². The number of rotatable bonds is 6. The summed E-state index contributed by atoms with van der Waals surface area (Å²) in [5.74, 6) is 0.0174. The van der Waals surface area contributed by atoms with Crippen LogP contribution in [0.1, 0.15) is 73.5 Å². The Labute approximate surface area is 138 Å². The number of aryl methyl sites for hydroxylation is 2. The first kappa shape index (κ1) is 16.1. The molecule has 0 aliphatic heterocycles. The maximum Gasteiger partial charge on any atom is 0.352 e. The molecular weight excluding hydrogens is 286 g/mol. The van der Waals surface area contributed by atoms with Gasteiger partial charge in [-0.25, -0.2) is 4.79 Å². The van der Waals surface area contributed by atoms with E-state index >= 15 is 0 Å². The molecule has 1 aromatic heterocycles. The number of carboxylic acids is 1. The van der Waals surface area contributed by atoms with Crippen LogP contribution in [0.5, 0.6) is 0 Å². The van der Waals surface area contributed by atoms with Crippen molar-refractivity contribution < 1.29 is 9.90 Å². The van der Waals surface area contributed by atoms with E-state index < -0.39 is 5.97 Å². The third-order valence-electron chi connectivity index (χ3n) is 5.37. The Morgan fingerprint density at radius 3 is 2.74 bits per heavy atom. The van der Waals surface area contributed by atoms with Crippen molar-refractivity contribution in [1.29, 1.82) is 0 Å². The molecule has 3 nitrogen and oxygen atoms in total. The van der Waals surface area contributed by atoms with Gasteiger partial charge in [-0.3, -0.25) is 0 Å². The second-order valence-electron chi connectivity index (χ2n) is 6.87. The summed E-state index contributed by atoms with van der Waals surface area (Å²) in [7, 11) is 0. The van der Waals surface area contributed by atoms with Crippen molar-refractivity contribution in [2.75, 3.05) is 0 Å². The molecule has 0 bridgehead atoms. The van der Waals surface area contributed by atoms with Gasteiger partial charge >= 0.3 is 5.97 Å². The molecule has 1 fully saturated rings. The van der Waals surface area contributed by atoms with Gasteiger partial charge in [0.05, 0.1) is 0 Å². The maximum atomic E-state index is 11.6. The second-order valence-corrected chi connectivity index (χ2v) is 6.87. The SMILES string of the molecule is CCc1cccc2[nH]c(C(=O)O)c(CCCC3CCCCC3)c12. The molecule has 1 aliphatic carbocycles. The molecule has 2 aromatic rings. The summed E-state index contributed by atoms with van der Waals surface area (Å²) in [6.45, 7) is 2.13. The van der Waals surface area contributed by atoms with E-state index in [1.807, 2.05) is 12.1 Å². The van der Waals surface area contributed by atoms with Crippen molar-refractivity contribution >= 4 is 16.9 Å². The molecule has 1 aliphatic rings. The number of aromatic amines is 1. The van der Waals surface area contributed by atoms with E-state index in [1.165, 1.54) is 44.1 Å². The number of H-pyrrole nitrogens is 1. The molecule has 0 atom stereocenters. The number of hydrogen-bond acceptors (Lipinski definition) is 1. The first-order valence-corrected chi connectivity index (χ1v) is 9.06. The van der Waals surface area contributed by atoms with Crippen molar-refractivity contribution in [2.45, 2.75) is 64.7 Å².